The van der Waals surface area contributed by atoms with Crippen molar-refractivity contribution in [1.29, 1.82) is 0 Å². The van der Waals surface area contributed by atoms with E-state index in [0.717, 1.165) is 0 Å². The van der Waals surface area contributed by atoms with Gasteiger partial charge in [0.15, 0.2) is 11.5 Å². The number of thiocarbonyl (C=S) groups is 1. The van der Waals surface area contributed by atoms with Crippen LogP contribution >= 0.6 is 24.0 Å². The molecule has 0 unspecified atom stereocenters. The molecule has 110 valence electrons. The topological polar surface area (TPSA) is 50.8 Å². The second-order valence-electron chi connectivity index (χ2n) is 4.07. The molecule has 5 nitrogen and oxygen atoms in total. The molecule has 0 spiro atoms. The highest BCUT2D eigenvalue weighted by molar-refractivity contribution is 8.23. The second kappa shape index (κ2) is 7.96. The first-order chi connectivity index (χ1) is 9.47. The van der Waals surface area contributed by atoms with Crippen LogP contribution in [0, 0.1) is 0 Å². The molecule has 1 N–H and O–H groups in total. The van der Waals surface area contributed by atoms with Gasteiger partial charge in [0.25, 0.3) is 0 Å². The number of anilines is 1. The predicted molar refractivity (Wildman–Crippen MR) is 86.9 cm³/mol. The molecule has 0 saturated carbocycles. The molecule has 0 bridgehead atoms. The van der Waals surface area contributed by atoms with Gasteiger partial charge in [-0.3, -0.25) is 4.79 Å². The number of benzene rings is 1. The molecular formula is C13H18N2O3S2. The first kappa shape index (κ1) is 16.6. The van der Waals surface area contributed by atoms with Crippen LogP contribution < -0.4 is 14.8 Å². The second-order valence-corrected chi connectivity index (χ2v) is 5.68. The summed E-state index contributed by atoms with van der Waals surface area (Å²) in [6.45, 7) is 0. The fourth-order valence-corrected chi connectivity index (χ4v) is 2.13. The van der Waals surface area contributed by atoms with E-state index in [1.807, 2.05) is 14.1 Å². The lowest BCUT2D eigenvalue weighted by Crippen LogP contribution is -2.20. The van der Waals surface area contributed by atoms with Gasteiger partial charge in [-0.25, -0.2) is 0 Å². The molecule has 0 aromatic heterocycles. The number of rotatable bonds is 5. The Morgan fingerprint density at radius 3 is 2.50 bits per heavy atom. The third-order valence-corrected chi connectivity index (χ3v) is 4.10. The van der Waals surface area contributed by atoms with Crippen LogP contribution in [0.15, 0.2) is 18.2 Å². The van der Waals surface area contributed by atoms with Crippen molar-refractivity contribution in [3.8, 4) is 11.5 Å². The number of nitrogens with one attached hydrogen (secondary N) is 1. The van der Waals surface area contributed by atoms with Gasteiger partial charge in [-0.05, 0) is 12.1 Å². The van der Waals surface area contributed by atoms with Crippen LogP contribution in [-0.4, -0.2) is 49.2 Å². The molecule has 7 heteroatoms. The molecule has 0 saturated heterocycles. The van der Waals surface area contributed by atoms with E-state index in [0.29, 0.717) is 21.5 Å². The maximum Gasteiger partial charge on any atom is 0.234 e. The normalized spacial score (nSPS) is 9.80. The van der Waals surface area contributed by atoms with Crippen LogP contribution in [-0.2, 0) is 4.79 Å². The van der Waals surface area contributed by atoms with Crippen molar-refractivity contribution in [2.24, 2.45) is 0 Å². The molecule has 1 aromatic rings. The average Bonchev–Trinajstić information content (AvgIpc) is 2.44. The number of ether oxygens (including phenoxy) is 2. The van der Waals surface area contributed by atoms with E-state index in [1.165, 1.54) is 11.8 Å². The number of carbonyl (C=O) groups excluding carboxylic acids is 1. The number of nitrogens with zero attached hydrogens (tertiary/aromatic N) is 1. The van der Waals surface area contributed by atoms with Crippen molar-refractivity contribution in [2.45, 2.75) is 0 Å². The van der Waals surface area contributed by atoms with Crippen molar-refractivity contribution >= 4 is 39.9 Å². The first-order valence-electron chi connectivity index (χ1n) is 5.84. The molecule has 0 aliphatic rings. The molecule has 0 radical (unpaired) electrons. The monoisotopic (exact) mass is 314 g/mol. The Balaban J connectivity index is 2.60. The van der Waals surface area contributed by atoms with Crippen molar-refractivity contribution in [1.82, 2.24) is 4.90 Å². The van der Waals surface area contributed by atoms with Crippen LogP contribution in [0.4, 0.5) is 5.69 Å². The summed E-state index contributed by atoms with van der Waals surface area (Å²) in [5, 5.41) is 2.79. The highest BCUT2D eigenvalue weighted by atomic mass is 32.2. The van der Waals surface area contributed by atoms with Gasteiger partial charge in [-0.1, -0.05) is 24.0 Å². The molecule has 20 heavy (non-hydrogen) atoms. The van der Waals surface area contributed by atoms with E-state index in [1.54, 1.807) is 37.3 Å². The van der Waals surface area contributed by atoms with E-state index in [2.05, 4.69) is 5.32 Å². The molecule has 1 rings (SSSR count). The van der Waals surface area contributed by atoms with Crippen molar-refractivity contribution in [3.63, 3.8) is 0 Å². The number of thioether (sulfide) groups is 1. The zero-order valence-electron chi connectivity index (χ0n) is 11.9. The van der Waals surface area contributed by atoms with E-state index >= 15 is 0 Å². The standard InChI is InChI=1S/C13H18N2O3S2/c1-15(2)13(19)20-8-12(16)14-9-5-6-10(17-3)11(7-9)18-4/h5-7H,8H2,1-4H3,(H,14,16). The smallest absolute Gasteiger partial charge is 0.234 e. The minimum Gasteiger partial charge on any atom is -0.493 e. The number of hydrogen-bond acceptors (Lipinski definition) is 5. The Morgan fingerprint density at radius 2 is 1.95 bits per heavy atom. The van der Waals surface area contributed by atoms with Crippen molar-refractivity contribution < 1.29 is 14.3 Å². The van der Waals surface area contributed by atoms with Crippen molar-refractivity contribution in [3.05, 3.63) is 18.2 Å². The minimum atomic E-state index is -0.119. The Bertz CT molecular complexity index is 493. The summed E-state index contributed by atoms with van der Waals surface area (Å²) in [7, 11) is 6.81. The van der Waals surface area contributed by atoms with E-state index in [4.69, 9.17) is 21.7 Å². The van der Waals surface area contributed by atoms with Gasteiger partial charge in [0.1, 0.15) is 4.32 Å². The van der Waals surface area contributed by atoms with Gasteiger partial charge in [-0.15, -0.1) is 0 Å². The highest BCUT2D eigenvalue weighted by Gasteiger charge is 2.09. The number of hydrogen-bond donors (Lipinski definition) is 1. The number of amides is 1. The van der Waals surface area contributed by atoms with E-state index in [9.17, 15) is 4.79 Å². The molecule has 0 fully saturated rings. The van der Waals surface area contributed by atoms with Crippen molar-refractivity contribution in [2.75, 3.05) is 39.4 Å². The lowest BCUT2D eigenvalue weighted by Gasteiger charge is -2.13. The summed E-state index contributed by atoms with van der Waals surface area (Å²) >= 11 is 6.42. The zero-order valence-corrected chi connectivity index (χ0v) is 13.6. The van der Waals surface area contributed by atoms with Crippen LogP contribution in [0.2, 0.25) is 0 Å². The molecule has 0 aliphatic carbocycles. The summed E-state index contributed by atoms with van der Waals surface area (Å²) in [5.41, 5.74) is 0.657. The van der Waals surface area contributed by atoms with Gasteiger partial charge >= 0.3 is 0 Å². The summed E-state index contributed by atoms with van der Waals surface area (Å²) < 4.78 is 11.0. The largest absolute Gasteiger partial charge is 0.493 e. The summed E-state index contributed by atoms with van der Waals surface area (Å²) in [5.74, 6) is 1.34. The zero-order chi connectivity index (χ0) is 15.1. The quantitative estimate of drug-likeness (QED) is 0.841. The Hall–Kier alpha value is -1.47. The Kier molecular flexibility index (Phi) is 6.60. The molecule has 0 atom stereocenters. The summed E-state index contributed by atoms with van der Waals surface area (Å²) in [6.07, 6.45) is 0. The van der Waals surface area contributed by atoms with Crippen LogP contribution in [0.5, 0.6) is 11.5 Å². The van der Waals surface area contributed by atoms with E-state index < -0.39 is 0 Å². The van der Waals surface area contributed by atoms with Gasteiger partial charge in [0.05, 0.1) is 20.0 Å². The maximum atomic E-state index is 11.8. The predicted octanol–water partition coefficient (Wildman–Crippen LogP) is 2.22. The minimum absolute atomic E-state index is 0.119. The Morgan fingerprint density at radius 1 is 1.30 bits per heavy atom. The fraction of sp³-hybridized carbons (Fsp3) is 0.385. The lowest BCUT2D eigenvalue weighted by atomic mass is 10.2. The third-order valence-electron chi connectivity index (χ3n) is 2.36. The lowest BCUT2D eigenvalue weighted by molar-refractivity contribution is -0.113. The first-order valence-corrected chi connectivity index (χ1v) is 7.23. The molecule has 0 heterocycles. The van der Waals surface area contributed by atoms with Gasteiger partial charge in [-0.2, -0.15) is 0 Å². The molecular weight excluding hydrogens is 296 g/mol. The number of carbonyl (C=O) groups is 1. The van der Waals surface area contributed by atoms with Gasteiger partial charge < -0.3 is 19.7 Å². The molecule has 1 aromatic carbocycles. The Labute approximate surface area is 128 Å². The molecule has 0 aliphatic heterocycles. The average molecular weight is 314 g/mol. The highest BCUT2D eigenvalue weighted by Crippen LogP contribution is 2.29. The SMILES string of the molecule is COc1ccc(NC(=O)CSC(=S)N(C)C)cc1OC. The van der Waals surface area contributed by atoms with Gasteiger partial charge in [0.2, 0.25) is 5.91 Å². The fourth-order valence-electron chi connectivity index (χ4n) is 1.37. The summed E-state index contributed by atoms with van der Waals surface area (Å²) in [4.78, 5) is 13.6. The number of methoxy groups -OCH3 is 2. The van der Waals surface area contributed by atoms with Crippen LogP contribution in [0.3, 0.4) is 0 Å². The van der Waals surface area contributed by atoms with Crippen LogP contribution in [0.1, 0.15) is 0 Å². The third kappa shape index (κ3) is 4.90. The maximum absolute atomic E-state index is 11.8. The summed E-state index contributed by atoms with van der Waals surface area (Å²) in [6, 6.07) is 5.21. The van der Waals surface area contributed by atoms with Crippen LogP contribution in [0.25, 0.3) is 0 Å². The molecule has 1 amide bonds. The van der Waals surface area contributed by atoms with Gasteiger partial charge in [0, 0.05) is 25.8 Å². The van der Waals surface area contributed by atoms with E-state index in [-0.39, 0.29) is 11.7 Å².